The van der Waals surface area contributed by atoms with Crippen molar-refractivity contribution in [3.05, 3.63) is 81.3 Å². The topological polar surface area (TPSA) is 94.1 Å². The van der Waals surface area contributed by atoms with E-state index in [-0.39, 0.29) is 45.8 Å². The maximum absolute atomic E-state index is 14.3. The summed E-state index contributed by atoms with van der Waals surface area (Å²) in [6, 6.07) is 10.4. The van der Waals surface area contributed by atoms with Gasteiger partial charge in [-0.05, 0) is 56.3 Å². The molecule has 0 saturated carbocycles. The lowest BCUT2D eigenvalue weighted by Gasteiger charge is -2.26. The van der Waals surface area contributed by atoms with Gasteiger partial charge in [0.25, 0.3) is 5.91 Å². The fraction of sp³-hybridized carbons (Fsp3) is 0.231. The minimum absolute atomic E-state index is 0.0136. The SMILES string of the molecule is CC(C)(C(=O)O)c1cc(NC(=O)c2ccc(OC[C@H]3COc4cc(F)ccc4O3)c(Cl)c2Cl)ccc1F. The number of carboxylic acids is 1. The molecule has 0 unspecified atom stereocenters. The minimum atomic E-state index is -1.52. The molecular weight excluding hydrogens is 531 g/mol. The number of hydrogen-bond donors (Lipinski definition) is 2. The average Bonchev–Trinajstić information content (AvgIpc) is 2.85. The zero-order valence-electron chi connectivity index (χ0n) is 19.6. The van der Waals surface area contributed by atoms with E-state index in [2.05, 4.69) is 5.32 Å². The van der Waals surface area contributed by atoms with Gasteiger partial charge in [0.05, 0.1) is 16.0 Å². The van der Waals surface area contributed by atoms with Gasteiger partial charge in [-0.1, -0.05) is 23.2 Å². The van der Waals surface area contributed by atoms with E-state index < -0.39 is 35.0 Å². The van der Waals surface area contributed by atoms with Crippen molar-refractivity contribution < 1.29 is 37.7 Å². The van der Waals surface area contributed by atoms with E-state index in [1.54, 1.807) is 0 Å². The molecule has 1 aliphatic rings. The second kappa shape index (κ2) is 10.4. The van der Waals surface area contributed by atoms with E-state index >= 15 is 0 Å². The smallest absolute Gasteiger partial charge is 0.313 e. The molecule has 0 aliphatic carbocycles. The molecule has 0 fully saturated rings. The Bertz CT molecular complexity index is 1380. The number of anilines is 1. The van der Waals surface area contributed by atoms with Crippen LogP contribution in [0.4, 0.5) is 14.5 Å². The first-order valence-electron chi connectivity index (χ1n) is 11.0. The molecule has 2 N–H and O–H groups in total. The monoisotopic (exact) mass is 551 g/mol. The summed E-state index contributed by atoms with van der Waals surface area (Å²) in [6.45, 7) is 2.88. The lowest BCUT2D eigenvalue weighted by atomic mass is 9.84. The summed E-state index contributed by atoms with van der Waals surface area (Å²) >= 11 is 12.7. The highest BCUT2D eigenvalue weighted by Crippen LogP contribution is 2.37. The molecule has 194 valence electrons. The lowest BCUT2D eigenvalue weighted by Crippen LogP contribution is -2.34. The number of carboxylic acid groups (broad SMARTS) is 1. The molecule has 7 nitrogen and oxygen atoms in total. The molecule has 4 rings (SSSR count). The highest BCUT2D eigenvalue weighted by molar-refractivity contribution is 6.45. The molecule has 1 heterocycles. The van der Waals surface area contributed by atoms with Gasteiger partial charge >= 0.3 is 5.97 Å². The molecule has 1 amide bonds. The Morgan fingerprint density at radius 2 is 1.84 bits per heavy atom. The Morgan fingerprint density at radius 1 is 1.08 bits per heavy atom. The maximum Gasteiger partial charge on any atom is 0.313 e. The van der Waals surface area contributed by atoms with Gasteiger partial charge < -0.3 is 24.6 Å². The molecule has 0 saturated heterocycles. The van der Waals surface area contributed by atoms with Gasteiger partial charge in [0.15, 0.2) is 17.6 Å². The summed E-state index contributed by atoms with van der Waals surface area (Å²) in [5.74, 6) is -2.13. The van der Waals surface area contributed by atoms with Crippen molar-refractivity contribution in [2.45, 2.75) is 25.4 Å². The standard InChI is InChI=1S/C26H21Cl2F2NO6/c1-26(2,25(33)34)17-10-14(4-6-18(17)30)31-24(32)16-5-8-20(23(28)22(16)27)35-11-15-12-36-21-9-13(29)3-7-19(21)37-15/h3-10,15H,11-12H2,1-2H3,(H,31,32)(H,33,34)/t15-/m0/s1. The first kappa shape index (κ1) is 26.5. The van der Waals surface area contributed by atoms with Crippen molar-refractivity contribution >= 4 is 40.8 Å². The van der Waals surface area contributed by atoms with E-state index in [1.165, 1.54) is 56.3 Å². The maximum atomic E-state index is 14.3. The van der Waals surface area contributed by atoms with Crippen LogP contribution >= 0.6 is 23.2 Å². The Morgan fingerprint density at radius 3 is 2.57 bits per heavy atom. The number of nitrogens with one attached hydrogen (secondary N) is 1. The quantitative estimate of drug-likeness (QED) is 0.368. The van der Waals surface area contributed by atoms with Crippen LogP contribution in [0.3, 0.4) is 0 Å². The summed E-state index contributed by atoms with van der Waals surface area (Å²) in [6.07, 6.45) is -0.501. The number of fused-ring (bicyclic) bond motifs is 1. The third kappa shape index (κ3) is 5.57. The second-order valence-corrected chi connectivity index (χ2v) is 9.53. The molecule has 0 bridgehead atoms. The van der Waals surface area contributed by atoms with Crippen molar-refractivity contribution in [2.24, 2.45) is 0 Å². The number of carbonyl (C=O) groups is 2. The largest absolute Gasteiger partial charge is 0.488 e. The first-order chi connectivity index (χ1) is 17.5. The van der Waals surface area contributed by atoms with E-state index in [1.807, 2.05) is 0 Å². The number of hydrogen-bond acceptors (Lipinski definition) is 5. The number of rotatable bonds is 7. The highest BCUT2D eigenvalue weighted by atomic mass is 35.5. The van der Waals surface area contributed by atoms with Crippen molar-refractivity contribution in [3.8, 4) is 17.2 Å². The zero-order chi connectivity index (χ0) is 26.9. The van der Waals surface area contributed by atoms with Crippen LogP contribution in [0.5, 0.6) is 17.2 Å². The van der Waals surface area contributed by atoms with Crippen molar-refractivity contribution in [1.29, 1.82) is 0 Å². The molecular formula is C26H21Cl2F2NO6. The van der Waals surface area contributed by atoms with Crippen LogP contribution < -0.4 is 19.5 Å². The summed E-state index contributed by atoms with van der Waals surface area (Å²) in [5.41, 5.74) is -1.41. The minimum Gasteiger partial charge on any atom is -0.488 e. The Balaban J connectivity index is 1.45. The molecule has 37 heavy (non-hydrogen) atoms. The number of amides is 1. The fourth-order valence-corrected chi connectivity index (χ4v) is 4.03. The third-order valence-corrected chi connectivity index (χ3v) is 6.64. The Hall–Kier alpha value is -3.56. The number of benzene rings is 3. The Kier molecular flexibility index (Phi) is 7.47. The summed E-state index contributed by atoms with van der Waals surface area (Å²) in [4.78, 5) is 24.4. The van der Waals surface area contributed by atoms with E-state index in [9.17, 15) is 23.5 Å². The predicted octanol–water partition coefficient (Wildman–Crippen LogP) is 6.10. The number of halogens is 4. The van der Waals surface area contributed by atoms with E-state index in [4.69, 9.17) is 37.4 Å². The number of ether oxygens (including phenoxy) is 3. The van der Waals surface area contributed by atoms with Crippen LogP contribution in [0, 0.1) is 11.6 Å². The molecule has 0 radical (unpaired) electrons. The third-order valence-electron chi connectivity index (χ3n) is 5.77. The van der Waals surface area contributed by atoms with Crippen molar-refractivity contribution in [1.82, 2.24) is 0 Å². The summed E-state index contributed by atoms with van der Waals surface area (Å²) in [5, 5.41) is 11.9. The van der Waals surface area contributed by atoms with Gasteiger partial charge in [-0.2, -0.15) is 0 Å². The first-order valence-corrected chi connectivity index (χ1v) is 11.8. The normalized spacial score (nSPS) is 14.7. The number of carbonyl (C=O) groups excluding carboxylic acids is 1. The molecule has 3 aromatic carbocycles. The van der Waals surface area contributed by atoms with Crippen LogP contribution in [-0.2, 0) is 10.2 Å². The second-order valence-electron chi connectivity index (χ2n) is 8.77. The van der Waals surface area contributed by atoms with Gasteiger partial charge in [0, 0.05) is 17.3 Å². The average molecular weight is 552 g/mol. The van der Waals surface area contributed by atoms with Gasteiger partial charge in [-0.25, -0.2) is 8.78 Å². The van der Waals surface area contributed by atoms with Crippen molar-refractivity contribution in [2.75, 3.05) is 18.5 Å². The van der Waals surface area contributed by atoms with Gasteiger partial charge in [-0.15, -0.1) is 0 Å². The summed E-state index contributed by atoms with van der Waals surface area (Å²) < 4.78 is 44.6. The van der Waals surface area contributed by atoms with Crippen LogP contribution in [-0.4, -0.2) is 36.3 Å². The molecule has 1 atom stereocenters. The number of aliphatic carboxylic acids is 1. The molecule has 11 heteroatoms. The van der Waals surface area contributed by atoms with Crippen LogP contribution in [0.2, 0.25) is 10.0 Å². The van der Waals surface area contributed by atoms with Crippen LogP contribution in [0.25, 0.3) is 0 Å². The zero-order valence-corrected chi connectivity index (χ0v) is 21.1. The molecule has 3 aromatic rings. The molecule has 0 aromatic heterocycles. The van der Waals surface area contributed by atoms with Crippen LogP contribution in [0.1, 0.15) is 29.8 Å². The van der Waals surface area contributed by atoms with Gasteiger partial charge in [0.1, 0.15) is 35.6 Å². The van der Waals surface area contributed by atoms with E-state index in [0.29, 0.717) is 11.5 Å². The van der Waals surface area contributed by atoms with E-state index in [0.717, 1.165) is 6.07 Å². The Labute approximate surface area is 220 Å². The lowest BCUT2D eigenvalue weighted by molar-refractivity contribution is -0.142. The predicted molar refractivity (Wildman–Crippen MR) is 133 cm³/mol. The summed E-state index contributed by atoms with van der Waals surface area (Å²) in [7, 11) is 0. The fourth-order valence-electron chi connectivity index (χ4n) is 3.57. The van der Waals surface area contributed by atoms with Gasteiger partial charge in [-0.3, -0.25) is 9.59 Å². The highest BCUT2D eigenvalue weighted by Gasteiger charge is 2.32. The molecule has 0 spiro atoms. The van der Waals surface area contributed by atoms with Crippen LogP contribution in [0.15, 0.2) is 48.5 Å². The molecule has 1 aliphatic heterocycles. The van der Waals surface area contributed by atoms with Gasteiger partial charge in [0.2, 0.25) is 0 Å². The van der Waals surface area contributed by atoms with Crippen molar-refractivity contribution in [3.63, 3.8) is 0 Å².